The first kappa shape index (κ1) is 19.0. The molecule has 1 N–H and O–H groups in total. The third-order valence-electron chi connectivity index (χ3n) is 4.14. The Morgan fingerprint density at radius 3 is 2.70 bits per heavy atom. The molecule has 3 rings (SSSR count). The zero-order valence-electron chi connectivity index (χ0n) is 15.4. The van der Waals surface area contributed by atoms with Crippen LogP contribution >= 0.6 is 11.8 Å². The van der Waals surface area contributed by atoms with Crippen LogP contribution < -0.4 is 15.1 Å². The number of benzene rings is 2. The average Bonchev–Trinajstić information content (AvgIpc) is 3.03. The molecule has 7 heteroatoms. The van der Waals surface area contributed by atoms with E-state index in [0.717, 1.165) is 28.6 Å². The van der Waals surface area contributed by atoms with Crippen molar-refractivity contribution in [2.45, 2.75) is 37.5 Å². The maximum absolute atomic E-state index is 12.8. The molecule has 0 aliphatic carbocycles. The molecule has 1 amide bonds. The molecule has 1 atom stereocenters. The predicted molar refractivity (Wildman–Crippen MR) is 102 cm³/mol. The van der Waals surface area contributed by atoms with Gasteiger partial charge in [0.15, 0.2) is 5.95 Å². The third kappa shape index (κ3) is 4.31. The van der Waals surface area contributed by atoms with Gasteiger partial charge in [-0.3, -0.25) is 4.79 Å². The van der Waals surface area contributed by atoms with Crippen molar-refractivity contribution in [3.63, 3.8) is 0 Å². The number of hydrogen-bond acceptors (Lipinski definition) is 5. The van der Waals surface area contributed by atoms with Crippen LogP contribution in [0.1, 0.15) is 24.5 Å². The predicted octanol–water partition coefficient (Wildman–Crippen LogP) is 3.15. The van der Waals surface area contributed by atoms with E-state index < -0.39 is 11.2 Å². The van der Waals surface area contributed by atoms with Crippen LogP contribution in [0.2, 0.25) is 0 Å². The molecule has 6 nitrogen and oxygen atoms in total. The zero-order valence-corrected chi connectivity index (χ0v) is 16.2. The first-order valence-electron chi connectivity index (χ1n) is 8.68. The van der Waals surface area contributed by atoms with E-state index in [9.17, 15) is 9.90 Å². The van der Waals surface area contributed by atoms with Gasteiger partial charge in [-0.1, -0.05) is 37.3 Å². The molecule has 0 aliphatic heterocycles. The van der Waals surface area contributed by atoms with Crippen LogP contribution in [-0.4, -0.2) is 16.4 Å². The summed E-state index contributed by atoms with van der Waals surface area (Å²) in [5, 5.41) is 18.8. The summed E-state index contributed by atoms with van der Waals surface area (Å²) in [6.07, 6.45) is 0.556. The SMILES string of the molecule is CCC(Sc1c([O-])on[n+]1-c1ccccc1)C(=O)Nc1cc(C)ccc1C. The number of thioether (sulfide) groups is 1. The van der Waals surface area contributed by atoms with Crippen LogP contribution in [0.4, 0.5) is 5.69 Å². The molecular formula is C20H21N3O3S. The van der Waals surface area contributed by atoms with E-state index in [2.05, 4.69) is 10.6 Å². The van der Waals surface area contributed by atoms with Crippen molar-refractivity contribution in [1.82, 2.24) is 5.27 Å². The second-order valence-electron chi connectivity index (χ2n) is 6.24. The molecule has 1 aromatic heterocycles. The summed E-state index contributed by atoms with van der Waals surface area (Å²) < 4.78 is 6.26. The Morgan fingerprint density at radius 2 is 2.00 bits per heavy atom. The van der Waals surface area contributed by atoms with Gasteiger partial charge in [0.05, 0.1) is 10.5 Å². The third-order valence-corrected chi connectivity index (χ3v) is 5.54. The highest BCUT2D eigenvalue weighted by molar-refractivity contribution is 8.00. The smallest absolute Gasteiger partial charge is 0.298 e. The van der Waals surface area contributed by atoms with Gasteiger partial charge in [-0.25, -0.2) is 0 Å². The molecule has 1 heterocycles. The van der Waals surface area contributed by atoms with Crippen molar-refractivity contribution in [2.24, 2.45) is 0 Å². The number of nitrogens with zero attached hydrogens (tertiary/aromatic N) is 2. The normalized spacial score (nSPS) is 12.0. The lowest BCUT2D eigenvalue weighted by Gasteiger charge is -2.15. The molecule has 0 spiro atoms. The second-order valence-corrected chi connectivity index (χ2v) is 7.43. The van der Waals surface area contributed by atoms with Crippen LogP contribution in [-0.2, 0) is 4.79 Å². The Bertz CT molecular complexity index is 941. The van der Waals surface area contributed by atoms with Crippen LogP contribution in [0.15, 0.2) is 58.1 Å². The molecule has 0 bridgehead atoms. The van der Waals surface area contributed by atoms with E-state index in [1.165, 1.54) is 4.68 Å². The Labute approximate surface area is 162 Å². The monoisotopic (exact) mass is 383 g/mol. The van der Waals surface area contributed by atoms with Gasteiger partial charge in [-0.15, -0.1) is 0 Å². The minimum absolute atomic E-state index is 0.156. The van der Waals surface area contributed by atoms with Gasteiger partial charge in [0.2, 0.25) is 11.6 Å². The number of amides is 1. The fourth-order valence-electron chi connectivity index (χ4n) is 2.61. The van der Waals surface area contributed by atoms with E-state index in [4.69, 9.17) is 4.52 Å². The number of aromatic nitrogens is 2. The number of hydrogen-bond donors (Lipinski definition) is 1. The fraction of sp³-hybridized carbons (Fsp3) is 0.250. The largest absolute Gasteiger partial charge is 0.538 e. The number of nitrogens with one attached hydrogen (secondary N) is 1. The number of rotatable bonds is 6. The Hall–Kier alpha value is -2.80. The standard InChI is InChI=1S/C20H21N3O3S/c1-4-17(18(24)21-16-12-13(2)10-11-14(16)3)27-19-20(25)26-22-23(19)15-8-6-5-7-9-15/h5-12,17H,4H2,1-3H3,(H-,21,22,24,25). The maximum atomic E-state index is 12.8. The summed E-state index contributed by atoms with van der Waals surface area (Å²) in [4.78, 5) is 12.8. The lowest BCUT2D eigenvalue weighted by Crippen LogP contribution is -2.36. The Balaban J connectivity index is 1.82. The van der Waals surface area contributed by atoms with Crippen LogP contribution in [0.25, 0.3) is 5.69 Å². The number of anilines is 1. The average molecular weight is 383 g/mol. The molecular weight excluding hydrogens is 362 g/mol. The summed E-state index contributed by atoms with van der Waals surface area (Å²) in [5.74, 6) is -0.710. The van der Waals surface area contributed by atoms with Gasteiger partial charge in [0, 0.05) is 17.8 Å². The highest BCUT2D eigenvalue weighted by Gasteiger charge is 2.28. The second kappa shape index (κ2) is 8.26. The van der Waals surface area contributed by atoms with E-state index >= 15 is 0 Å². The summed E-state index contributed by atoms with van der Waals surface area (Å²) in [6.45, 7) is 5.83. The van der Waals surface area contributed by atoms with Crippen molar-refractivity contribution in [3.8, 4) is 11.6 Å². The Morgan fingerprint density at radius 1 is 1.26 bits per heavy atom. The minimum Gasteiger partial charge on any atom is -0.538 e. The molecule has 1 unspecified atom stereocenters. The molecule has 0 saturated carbocycles. The lowest BCUT2D eigenvalue weighted by molar-refractivity contribution is -0.705. The van der Waals surface area contributed by atoms with Crippen molar-refractivity contribution < 1.29 is 19.1 Å². The molecule has 0 aliphatic rings. The van der Waals surface area contributed by atoms with Gasteiger partial charge in [0.1, 0.15) is 0 Å². The number of carbonyl (C=O) groups excluding carboxylic acids is 1. The van der Waals surface area contributed by atoms with E-state index in [0.29, 0.717) is 12.1 Å². The van der Waals surface area contributed by atoms with Crippen molar-refractivity contribution in [3.05, 3.63) is 59.7 Å². The van der Waals surface area contributed by atoms with E-state index in [1.54, 1.807) is 0 Å². The van der Waals surface area contributed by atoms with Gasteiger partial charge in [-0.2, -0.15) is 0 Å². The van der Waals surface area contributed by atoms with Crippen molar-refractivity contribution in [2.75, 3.05) is 5.32 Å². The number of para-hydroxylation sites is 1. The van der Waals surface area contributed by atoms with Gasteiger partial charge < -0.3 is 14.9 Å². The van der Waals surface area contributed by atoms with Gasteiger partial charge >= 0.3 is 0 Å². The molecule has 0 fully saturated rings. The van der Waals surface area contributed by atoms with Gasteiger partial charge in [-0.05, 0) is 53.9 Å². The van der Waals surface area contributed by atoms with Crippen LogP contribution in [0.3, 0.4) is 0 Å². The summed E-state index contributed by atoms with van der Waals surface area (Å²) in [5.41, 5.74) is 3.54. The topological polar surface area (TPSA) is 82.1 Å². The van der Waals surface area contributed by atoms with Crippen molar-refractivity contribution >= 4 is 23.4 Å². The fourth-order valence-corrected chi connectivity index (χ4v) is 3.59. The highest BCUT2D eigenvalue weighted by atomic mass is 32.2. The molecule has 0 radical (unpaired) electrons. The molecule has 140 valence electrons. The van der Waals surface area contributed by atoms with Crippen molar-refractivity contribution in [1.29, 1.82) is 0 Å². The van der Waals surface area contributed by atoms with E-state index in [-0.39, 0.29) is 10.9 Å². The molecule has 3 aromatic rings. The summed E-state index contributed by atoms with van der Waals surface area (Å²) >= 11 is 1.16. The summed E-state index contributed by atoms with van der Waals surface area (Å²) in [6, 6.07) is 15.1. The van der Waals surface area contributed by atoms with Crippen LogP contribution in [0.5, 0.6) is 5.95 Å². The number of aryl methyl sites for hydroxylation is 2. The first-order valence-corrected chi connectivity index (χ1v) is 9.56. The minimum atomic E-state index is -0.554. The Kier molecular flexibility index (Phi) is 5.81. The molecule has 27 heavy (non-hydrogen) atoms. The van der Waals surface area contributed by atoms with Gasteiger partial charge in [0.25, 0.3) is 5.03 Å². The quantitative estimate of drug-likeness (QED) is 0.522. The molecule has 2 aromatic carbocycles. The zero-order chi connectivity index (χ0) is 19.4. The van der Waals surface area contributed by atoms with Crippen LogP contribution in [0, 0.1) is 13.8 Å². The summed E-state index contributed by atoms with van der Waals surface area (Å²) in [7, 11) is 0. The van der Waals surface area contributed by atoms with E-state index in [1.807, 2.05) is 69.3 Å². The molecule has 0 saturated heterocycles. The lowest BCUT2D eigenvalue weighted by atomic mass is 10.1. The first-order chi connectivity index (χ1) is 13.0. The highest BCUT2D eigenvalue weighted by Crippen LogP contribution is 2.30. The maximum Gasteiger partial charge on any atom is 0.298 e. The number of carbonyl (C=O) groups is 1.